The van der Waals surface area contributed by atoms with E-state index in [9.17, 15) is 5.11 Å². The summed E-state index contributed by atoms with van der Waals surface area (Å²) in [4.78, 5) is 0. The van der Waals surface area contributed by atoms with Gasteiger partial charge in [-0.3, -0.25) is 0 Å². The number of benzene rings is 10. The smallest absolute Gasteiger partial charge is 0.192 e. The maximum atomic E-state index is 13.7. The topological polar surface area (TPSA) is 177 Å². The third-order valence-corrected chi connectivity index (χ3v) is 26.6. The van der Waals surface area contributed by atoms with Gasteiger partial charge in [-0.25, -0.2) is 0 Å². The zero-order valence-electron chi connectivity index (χ0n) is 68.0. The van der Waals surface area contributed by atoms with Crippen LogP contribution in [0.3, 0.4) is 0 Å². The van der Waals surface area contributed by atoms with Crippen molar-refractivity contribution in [1.82, 2.24) is 0 Å². The van der Waals surface area contributed by atoms with Gasteiger partial charge in [0.2, 0.25) is 0 Å². The molecule has 117 heavy (non-hydrogen) atoms. The average molecular weight is 1610 g/mol. The molecule has 2 aliphatic heterocycles. The second-order valence-corrected chi connectivity index (χ2v) is 36.1. The Kier molecular flexibility index (Phi) is 31.7. The lowest BCUT2D eigenvalue weighted by molar-refractivity contribution is -0.380. The summed E-state index contributed by atoms with van der Waals surface area (Å²) in [6.07, 6.45) is -16.6. The van der Waals surface area contributed by atoms with E-state index in [1.165, 1.54) is 0 Å². The number of hydrogen-bond donors (Lipinski definition) is 1. The molecule has 1 saturated carbocycles. The van der Waals surface area contributed by atoms with E-state index in [1.807, 2.05) is 285 Å². The van der Waals surface area contributed by atoms with E-state index in [2.05, 4.69) is 40.4 Å². The van der Waals surface area contributed by atoms with Crippen LogP contribution in [0.2, 0.25) is 18.1 Å². The van der Waals surface area contributed by atoms with Crippen LogP contribution in [0.15, 0.2) is 298 Å². The minimum absolute atomic E-state index is 0.0128. The van der Waals surface area contributed by atoms with Crippen molar-refractivity contribution in [3.05, 3.63) is 348 Å². The van der Waals surface area contributed by atoms with Gasteiger partial charge in [-0.05, 0) is 91.5 Å². The molecule has 0 bridgehead atoms. The average Bonchev–Trinajstić information content (AvgIpc) is 0.748. The van der Waals surface area contributed by atoms with E-state index in [0.717, 1.165) is 61.2 Å². The lowest BCUT2D eigenvalue weighted by Gasteiger charge is -2.53. The highest BCUT2D eigenvalue weighted by Crippen LogP contribution is 2.43. The predicted octanol–water partition coefficient (Wildman–Crippen LogP) is 17.8. The highest BCUT2D eigenvalue weighted by molar-refractivity contribution is 6.74. The molecule has 19 heteroatoms. The van der Waals surface area contributed by atoms with Crippen molar-refractivity contribution in [2.75, 3.05) is 34.0 Å². The van der Waals surface area contributed by atoms with Crippen LogP contribution >= 0.6 is 0 Å². The maximum absolute atomic E-state index is 13.7. The summed E-state index contributed by atoms with van der Waals surface area (Å²) < 4.78 is 123. The molecule has 10 aromatic carbocycles. The zero-order valence-corrected chi connectivity index (χ0v) is 69.0. The summed E-state index contributed by atoms with van der Waals surface area (Å²) in [5.41, 5.74) is 9.90. The Morgan fingerprint density at radius 2 is 0.641 bits per heavy atom. The first-order valence-corrected chi connectivity index (χ1v) is 43.4. The van der Waals surface area contributed by atoms with Crippen molar-refractivity contribution in [3.8, 4) is 22.6 Å². The van der Waals surface area contributed by atoms with E-state index in [1.54, 1.807) is 20.3 Å². The van der Waals surface area contributed by atoms with Gasteiger partial charge in [0.1, 0.15) is 85.5 Å². The van der Waals surface area contributed by atoms with Gasteiger partial charge >= 0.3 is 0 Å². The Morgan fingerprint density at radius 1 is 0.333 bits per heavy atom. The van der Waals surface area contributed by atoms with Crippen LogP contribution in [0.5, 0.6) is 11.5 Å². The van der Waals surface area contributed by atoms with Gasteiger partial charge in [-0.2, -0.15) is 0 Å². The third kappa shape index (κ3) is 23.8. The molecular weight excluding hydrogens is 1490 g/mol. The van der Waals surface area contributed by atoms with Crippen molar-refractivity contribution in [3.63, 3.8) is 0 Å². The summed E-state index contributed by atoms with van der Waals surface area (Å²) >= 11 is 0. The Balaban J connectivity index is 0.978. The number of hydrogen-bond acceptors (Lipinski definition) is 18. The minimum Gasteiger partial charge on any atom is -0.493 e. The largest absolute Gasteiger partial charge is 0.493 e. The summed E-state index contributed by atoms with van der Waals surface area (Å²) in [7, 11) is 0.690. The van der Waals surface area contributed by atoms with Crippen molar-refractivity contribution in [2.45, 2.75) is 196 Å². The highest BCUT2D eigenvalue weighted by atomic mass is 28.4. The van der Waals surface area contributed by atoms with Crippen LogP contribution in [0.25, 0.3) is 11.1 Å². The van der Waals surface area contributed by atoms with Gasteiger partial charge in [0, 0.05) is 0 Å². The van der Waals surface area contributed by atoms with Crippen LogP contribution in [0.4, 0.5) is 0 Å². The Hall–Kier alpha value is -8.88. The Bertz CT molecular complexity index is 4500. The molecule has 2 heterocycles. The summed E-state index contributed by atoms with van der Waals surface area (Å²) in [6, 6.07) is 93.6. The van der Waals surface area contributed by atoms with E-state index in [0.29, 0.717) is 11.5 Å². The number of aliphatic hydroxyl groups excluding tert-OH is 1. The monoisotopic (exact) mass is 1600 g/mol. The molecule has 0 spiro atoms. The van der Waals surface area contributed by atoms with E-state index in [-0.39, 0.29) is 84.3 Å². The molecule has 3 aliphatic rings. The molecule has 3 fully saturated rings. The fourth-order valence-electron chi connectivity index (χ4n) is 14.6. The van der Waals surface area contributed by atoms with Gasteiger partial charge in [0.15, 0.2) is 32.4 Å². The molecule has 0 amide bonds. The lowest BCUT2D eigenvalue weighted by atomic mass is 9.83. The van der Waals surface area contributed by atoms with Crippen molar-refractivity contribution in [1.29, 1.82) is 0 Å². The molecule has 10 aromatic rings. The Labute approximate surface area is 690 Å². The molecule has 616 valence electrons. The fraction of sp³-hybridized carbons (Fsp3) is 0.367. The number of aliphatic hydroxyl groups is 1. The van der Waals surface area contributed by atoms with E-state index >= 15 is 0 Å². The molecule has 18 nitrogen and oxygen atoms in total. The fourth-order valence-corrected chi connectivity index (χ4v) is 15.7. The highest BCUT2D eigenvalue weighted by Gasteiger charge is 2.60. The zero-order chi connectivity index (χ0) is 81.2. The third-order valence-electron chi connectivity index (χ3n) is 22.1. The molecule has 1 aliphatic carbocycles. The molecule has 0 unspecified atom stereocenters. The number of rotatable bonds is 41. The van der Waals surface area contributed by atoms with Crippen LogP contribution in [-0.4, -0.2) is 145 Å². The molecule has 16 atom stereocenters. The SMILES string of the molecule is C=CCO[C@@H]1[C@H](O[C@H]2O[C@H](CO[Si](C)(C)C(C)(C)C)[C@@H](OCc3ccccc3)[C@H](OCc3ccccc3)[C@@H]2O)[C@H](OCc2ccc(-c3ccc(OC)c(OC)c3)cc2)[C@@H](OCc2ccccc2)[C@H](OCc2ccccc2)[C@H]1O[C@H]1O[C@H](COCc2ccccc2)[C@@H](OCc2ccccc2)[C@H](OCc2ccccc2)[C@@H]1OCc1ccccc1. The van der Waals surface area contributed by atoms with Gasteiger partial charge in [-0.15, -0.1) is 6.58 Å². The second-order valence-electron chi connectivity index (χ2n) is 31.3. The van der Waals surface area contributed by atoms with E-state index in [4.69, 9.17) is 80.2 Å². The number of methoxy groups -OCH3 is 2. The van der Waals surface area contributed by atoms with Crippen molar-refractivity contribution in [2.24, 2.45) is 0 Å². The summed E-state index contributed by atoms with van der Waals surface area (Å²) in [5, 5.41) is 13.5. The quantitative estimate of drug-likeness (QED) is 0.0282. The molecule has 2 saturated heterocycles. The summed E-state index contributed by atoms with van der Waals surface area (Å²) in [6.45, 7) is 16.4. The molecule has 0 radical (unpaired) electrons. The first kappa shape index (κ1) is 86.0. The van der Waals surface area contributed by atoms with Crippen molar-refractivity contribution < 1.29 is 85.3 Å². The standard InChI is InChI=1S/C98H112O18Si/c1-9-56-103-92-93(115-96-84(99)87(106-61-72-40-24-13-25-41-72)85(104-59-70-36-20-11-21-37-70)83(113-96)68-112-117(7,8)98(2,3)4)90(110-66-77-50-52-78(53-51-77)79-54-55-80(100-5)81(57-79)101-6)89(108-63-74-44-28-15-29-45-74)91(109-64-75-46-30-16-31-47-75)94(92)116-97-95(111-65-76-48-32-17-33-49-76)88(107-62-73-42-26-14-27-43-73)86(105-60-71-38-22-12-23-39-71)82(114-97)67-102-58-69-34-18-10-19-35-69/h9-55,57,82-97,99H,1,56,58-68H2,2-8H3/t82-,83-,84+,85-,86-,87-,88+,89-,90-,91+,92-,93-,94-,95+,96-,97-/m1/s1. The summed E-state index contributed by atoms with van der Waals surface area (Å²) in [5.74, 6) is 1.22. The Morgan fingerprint density at radius 3 is 1.03 bits per heavy atom. The molecule has 0 aromatic heterocycles. The first-order valence-electron chi connectivity index (χ1n) is 40.5. The van der Waals surface area contributed by atoms with Gasteiger partial charge in [0.05, 0.1) is 93.5 Å². The van der Waals surface area contributed by atoms with Crippen LogP contribution in [0, 0.1) is 0 Å². The first-order chi connectivity index (χ1) is 57.2. The second kappa shape index (κ2) is 43.2. The van der Waals surface area contributed by atoms with Crippen molar-refractivity contribution >= 4 is 8.32 Å². The molecule has 13 rings (SSSR count). The van der Waals surface area contributed by atoms with Gasteiger partial charge in [0.25, 0.3) is 0 Å². The van der Waals surface area contributed by atoms with Crippen LogP contribution in [0.1, 0.15) is 70.8 Å². The lowest BCUT2D eigenvalue weighted by Crippen LogP contribution is -2.71. The van der Waals surface area contributed by atoms with Crippen LogP contribution < -0.4 is 9.47 Å². The molecule has 1 N–H and O–H groups in total. The van der Waals surface area contributed by atoms with Gasteiger partial charge in [-0.1, -0.05) is 300 Å². The minimum atomic E-state index is -2.55. The maximum Gasteiger partial charge on any atom is 0.192 e. The van der Waals surface area contributed by atoms with Gasteiger partial charge < -0.3 is 85.3 Å². The predicted molar refractivity (Wildman–Crippen MR) is 451 cm³/mol. The van der Waals surface area contributed by atoms with Crippen LogP contribution in [-0.2, 0) is 130 Å². The number of ether oxygens (including phenoxy) is 16. The van der Waals surface area contributed by atoms with E-state index < -0.39 is 106 Å². The normalized spacial score (nSPS) is 24.2. The molecular formula is C98H112O18Si.